The average Bonchev–Trinajstić information content (AvgIpc) is 2.56. The number of hydrogen-bond donors (Lipinski definition) is 3. The van der Waals surface area contributed by atoms with Gasteiger partial charge >= 0.3 is 0 Å². The standard InChI is InChI=1S/C18H22ClN3O3S/c1-3-5-16(20)18(23)21-14-9-8-12(2)17(11-14)26(24,25)22-15-7-4-6-13(19)10-15/h4,6-11,16,22H,3,5,20H2,1-2H3,(H,21,23). The summed E-state index contributed by atoms with van der Waals surface area (Å²) in [6.07, 6.45) is 1.34. The van der Waals surface area contributed by atoms with Gasteiger partial charge in [-0.1, -0.05) is 37.1 Å². The molecule has 8 heteroatoms. The predicted octanol–water partition coefficient (Wildman–Crippen LogP) is 3.52. The molecule has 1 atom stereocenters. The van der Waals surface area contributed by atoms with Crippen LogP contribution >= 0.6 is 11.6 Å². The quantitative estimate of drug-likeness (QED) is 0.667. The highest BCUT2D eigenvalue weighted by atomic mass is 35.5. The molecule has 2 aromatic rings. The van der Waals surface area contributed by atoms with Crippen molar-refractivity contribution in [3.8, 4) is 0 Å². The Morgan fingerprint density at radius 3 is 2.58 bits per heavy atom. The number of amides is 1. The first-order valence-corrected chi connectivity index (χ1v) is 10.0. The van der Waals surface area contributed by atoms with Gasteiger partial charge in [0.1, 0.15) is 0 Å². The van der Waals surface area contributed by atoms with Gasteiger partial charge in [-0.15, -0.1) is 0 Å². The van der Waals surface area contributed by atoms with Crippen LogP contribution in [0, 0.1) is 6.92 Å². The summed E-state index contributed by atoms with van der Waals surface area (Å²) in [5.74, 6) is -0.346. The highest BCUT2D eigenvalue weighted by molar-refractivity contribution is 7.92. The normalized spacial score (nSPS) is 12.5. The second-order valence-electron chi connectivity index (χ2n) is 5.98. The molecule has 26 heavy (non-hydrogen) atoms. The number of halogens is 1. The molecule has 1 unspecified atom stereocenters. The molecular formula is C18H22ClN3O3S. The Hall–Kier alpha value is -2.09. The minimum Gasteiger partial charge on any atom is -0.325 e. The number of aryl methyl sites for hydroxylation is 1. The van der Waals surface area contributed by atoms with E-state index < -0.39 is 16.1 Å². The number of rotatable bonds is 7. The molecule has 6 nitrogen and oxygen atoms in total. The lowest BCUT2D eigenvalue weighted by Gasteiger charge is -2.14. The Bertz CT molecular complexity index is 900. The molecule has 140 valence electrons. The summed E-state index contributed by atoms with van der Waals surface area (Å²) >= 11 is 5.89. The lowest BCUT2D eigenvalue weighted by Crippen LogP contribution is -2.35. The molecule has 1 amide bonds. The molecule has 0 aromatic heterocycles. The van der Waals surface area contributed by atoms with Gasteiger partial charge in [0.15, 0.2) is 0 Å². The van der Waals surface area contributed by atoms with Gasteiger partial charge in [0, 0.05) is 10.7 Å². The van der Waals surface area contributed by atoms with Crippen molar-refractivity contribution in [2.24, 2.45) is 5.73 Å². The predicted molar refractivity (Wildman–Crippen MR) is 105 cm³/mol. The lowest BCUT2D eigenvalue weighted by atomic mass is 10.1. The first-order valence-electron chi connectivity index (χ1n) is 8.18. The van der Waals surface area contributed by atoms with Gasteiger partial charge in [0.2, 0.25) is 5.91 Å². The Morgan fingerprint density at radius 2 is 1.92 bits per heavy atom. The summed E-state index contributed by atoms with van der Waals surface area (Å²) in [6, 6.07) is 10.5. The third-order valence-electron chi connectivity index (χ3n) is 3.76. The third kappa shape index (κ3) is 5.20. The number of carbonyl (C=O) groups is 1. The van der Waals surface area contributed by atoms with Crippen LogP contribution in [0.2, 0.25) is 5.02 Å². The Balaban J connectivity index is 2.27. The fraction of sp³-hybridized carbons (Fsp3) is 0.278. The average molecular weight is 396 g/mol. The number of nitrogens with one attached hydrogen (secondary N) is 2. The molecule has 4 N–H and O–H groups in total. The Kier molecular flexibility index (Phi) is 6.63. The first kappa shape index (κ1) is 20.2. The van der Waals surface area contributed by atoms with Gasteiger partial charge in [-0.3, -0.25) is 9.52 Å². The van der Waals surface area contributed by atoms with Crippen LogP contribution in [0.4, 0.5) is 11.4 Å². The highest BCUT2D eigenvalue weighted by Crippen LogP contribution is 2.24. The number of benzene rings is 2. The summed E-state index contributed by atoms with van der Waals surface area (Å²) in [4.78, 5) is 12.1. The molecule has 2 rings (SSSR count). The Morgan fingerprint density at radius 1 is 1.19 bits per heavy atom. The van der Waals surface area contributed by atoms with E-state index in [1.807, 2.05) is 6.92 Å². The molecule has 0 aliphatic heterocycles. The van der Waals surface area contributed by atoms with Crippen LogP contribution < -0.4 is 15.8 Å². The minimum absolute atomic E-state index is 0.0688. The van der Waals surface area contributed by atoms with E-state index in [0.29, 0.717) is 28.4 Å². The molecule has 0 aliphatic rings. The summed E-state index contributed by atoms with van der Waals surface area (Å²) in [5, 5.41) is 3.09. The zero-order valence-electron chi connectivity index (χ0n) is 14.6. The van der Waals surface area contributed by atoms with E-state index in [9.17, 15) is 13.2 Å². The van der Waals surface area contributed by atoms with E-state index in [2.05, 4.69) is 10.0 Å². The zero-order chi connectivity index (χ0) is 19.3. The molecule has 0 heterocycles. The molecule has 0 aliphatic carbocycles. The highest BCUT2D eigenvalue weighted by Gasteiger charge is 2.19. The van der Waals surface area contributed by atoms with Crippen LogP contribution in [0.5, 0.6) is 0 Å². The van der Waals surface area contributed by atoms with Crippen LogP contribution in [0.25, 0.3) is 0 Å². The third-order valence-corrected chi connectivity index (χ3v) is 5.52. The molecule has 0 saturated heterocycles. The number of sulfonamides is 1. The van der Waals surface area contributed by atoms with Crippen molar-refractivity contribution in [2.45, 2.75) is 37.6 Å². The molecule has 0 radical (unpaired) electrons. The zero-order valence-corrected chi connectivity index (χ0v) is 16.2. The van der Waals surface area contributed by atoms with Crippen LogP contribution in [0.3, 0.4) is 0 Å². The van der Waals surface area contributed by atoms with Crippen molar-refractivity contribution in [2.75, 3.05) is 10.0 Å². The maximum absolute atomic E-state index is 12.7. The van der Waals surface area contributed by atoms with Crippen molar-refractivity contribution >= 4 is 38.9 Å². The van der Waals surface area contributed by atoms with Crippen LogP contribution in [-0.2, 0) is 14.8 Å². The molecule has 0 fully saturated rings. The lowest BCUT2D eigenvalue weighted by molar-refractivity contribution is -0.117. The van der Waals surface area contributed by atoms with E-state index >= 15 is 0 Å². The van der Waals surface area contributed by atoms with Gasteiger partial charge in [-0.2, -0.15) is 0 Å². The topological polar surface area (TPSA) is 101 Å². The SMILES string of the molecule is CCCC(N)C(=O)Nc1ccc(C)c(S(=O)(=O)Nc2cccc(Cl)c2)c1. The van der Waals surface area contributed by atoms with Crippen molar-refractivity contribution in [1.82, 2.24) is 0 Å². The number of nitrogens with two attached hydrogens (primary N) is 1. The fourth-order valence-electron chi connectivity index (χ4n) is 2.41. The van der Waals surface area contributed by atoms with E-state index in [-0.39, 0.29) is 10.8 Å². The fourth-order valence-corrected chi connectivity index (χ4v) is 3.92. The van der Waals surface area contributed by atoms with Gasteiger partial charge in [-0.25, -0.2) is 8.42 Å². The van der Waals surface area contributed by atoms with E-state index in [4.69, 9.17) is 17.3 Å². The van der Waals surface area contributed by atoms with Gasteiger partial charge in [0.25, 0.3) is 10.0 Å². The summed E-state index contributed by atoms with van der Waals surface area (Å²) < 4.78 is 27.9. The summed E-state index contributed by atoms with van der Waals surface area (Å²) in [5.41, 5.74) is 7.07. The van der Waals surface area contributed by atoms with Crippen LogP contribution in [0.15, 0.2) is 47.4 Å². The molecule has 0 bridgehead atoms. The van der Waals surface area contributed by atoms with Gasteiger partial charge < -0.3 is 11.1 Å². The maximum Gasteiger partial charge on any atom is 0.262 e. The second kappa shape index (κ2) is 8.53. The molecule has 2 aromatic carbocycles. The molecule has 0 saturated carbocycles. The maximum atomic E-state index is 12.7. The summed E-state index contributed by atoms with van der Waals surface area (Å²) in [6.45, 7) is 3.62. The molecular weight excluding hydrogens is 374 g/mol. The largest absolute Gasteiger partial charge is 0.325 e. The molecule has 0 spiro atoms. The van der Waals surface area contributed by atoms with Crippen molar-refractivity contribution in [3.05, 3.63) is 53.1 Å². The van der Waals surface area contributed by atoms with E-state index in [0.717, 1.165) is 6.42 Å². The smallest absolute Gasteiger partial charge is 0.262 e. The van der Waals surface area contributed by atoms with E-state index in [1.54, 1.807) is 37.3 Å². The summed E-state index contributed by atoms with van der Waals surface area (Å²) in [7, 11) is -3.84. The van der Waals surface area contributed by atoms with Crippen LogP contribution in [-0.4, -0.2) is 20.4 Å². The Labute approximate surface area is 158 Å². The van der Waals surface area contributed by atoms with Crippen molar-refractivity contribution < 1.29 is 13.2 Å². The van der Waals surface area contributed by atoms with Crippen LogP contribution in [0.1, 0.15) is 25.3 Å². The number of hydrogen-bond acceptors (Lipinski definition) is 4. The first-order chi connectivity index (χ1) is 12.2. The number of anilines is 2. The van der Waals surface area contributed by atoms with Crippen molar-refractivity contribution in [1.29, 1.82) is 0 Å². The second-order valence-corrected chi connectivity index (χ2v) is 8.07. The monoisotopic (exact) mass is 395 g/mol. The van der Waals surface area contributed by atoms with Gasteiger partial charge in [0.05, 0.1) is 16.6 Å². The minimum atomic E-state index is -3.84. The van der Waals surface area contributed by atoms with Gasteiger partial charge in [-0.05, 0) is 49.2 Å². The number of carbonyl (C=O) groups excluding carboxylic acids is 1. The van der Waals surface area contributed by atoms with E-state index in [1.165, 1.54) is 12.1 Å². The van der Waals surface area contributed by atoms with Crippen molar-refractivity contribution in [3.63, 3.8) is 0 Å².